The quantitative estimate of drug-likeness (QED) is 0.678. The molecule has 2 aromatic rings. The van der Waals surface area contributed by atoms with Gasteiger partial charge in [0.25, 0.3) is 5.91 Å². The van der Waals surface area contributed by atoms with Gasteiger partial charge in [0.2, 0.25) is 0 Å². The highest BCUT2D eigenvalue weighted by atomic mass is 32.1. The van der Waals surface area contributed by atoms with Crippen molar-refractivity contribution in [3.63, 3.8) is 0 Å². The van der Waals surface area contributed by atoms with E-state index in [1.54, 1.807) is 17.6 Å². The Morgan fingerprint density at radius 2 is 2.00 bits per heavy atom. The Bertz CT molecular complexity index is 755. The highest BCUT2D eigenvalue weighted by Crippen LogP contribution is 2.30. The first-order valence-electron chi connectivity index (χ1n) is 8.67. The third kappa shape index (κ3) is 3.75. The molecule has 2 aliphatic rings. The molecule has 0 bridgehead atoms. The van der Waals surface area contributed by atoms with Crippen LogP contribution in [0.3, 0.4) is 0 Å². The number of anilines is 1. The molecule has 1 aromatic carbocycles. The molecule has 5 nitrogen and oxygen atoms in total. The van der Waals surface area contributed by atoms with Crippen molar-refractivity contribution >= 4 is 29.1 Å². The molecule has 2 heterocycles. The van der Waals surface area contributed by atoms with Crippen molar-refractivity contribution in [1.29, 1.82) is 0 Å². The Kier molecular flexibility index (Phi) is 4.81. The maximum absolute atomic E-state index is 12.2. The minimum absolute atomic E-state index is 0.124. The van der Waals surface area contributed by atoms with Gasteiger partial charge >= 0.3 is 0 Å². The summed E-state index contributed by atoms with van der Waals surface area (Å²) in [6, 6.07) is 10.2. The van der Waals surface area contributed by atoms with Crippen LogP contribution in [0.4, 0.5) is 5.69 Å². The Hall–Kier alpha value is -2.18. The number of hydrazone groups is 1. The lowest BCUT2D eigenvalue weighted by atomic mass is 10.2. The van der Waals surface area contributed by atoms with Gasteiger partial charge in [-0.3, -0.25) is 4.79 Å². The number of benzene rings is 1. The van der Waals surface area contributed by atoms with Crippen molar-refractivity contribution in [1.82, 2.24) is 5.43 Å². The Morgan fingerprint density at radius 1 is 1.20 bits per heavy atom. The number of carbonyl (C=O) groups is 1. The third-order valence-corrected chi connectivity index (χ3v) is 5.86. The van der Waals surface area contributed by atoms with Gasteiger partial charge in [-0.15, -0.1) is 11.3 Å². The molecule has 0 radical (unpaired) electrons. The van der Waals surface area contributed by atoms with E-state index in [-0.39, 0.29) is 5.91 Å². The summed E-state index contributed by atoms with van der Waals surface area (Å²) in [5.74, 6) is -0.124. The molecule has 1 aliphatic heterocycles. The fraction of sp³-hybridized carbons (Fsp3) is 0.368. The van der Waals surface area contributed by atoms with Gasteiger partial charge in [0, 0.05) is 23.7 Å². The summed E-state index contributed by atoms with van der Waals surface area (Å²) in [7, 11) is 0. The summed E-state index contributed by atoms with van der Waals surface area (Å²) >= 11 is 1.59. The van der Waals surface area contributed by atoms with Crippen LogP contribution in [0.2, 0.25) is 0 Å². The van der Waals surface area contributed by atoms with Gasteiger partial charge in [-0.25, -0.2) is 5.43 Å². The van der Waals surface area contributed by atoms with Gasteiger partial charge in [0.05, 0.1) is 24.3 Å². The number of amides is 1. The largest absolute Gasteiger partial charge is 0.378 e. The molecule has 4 rings (SSSR count). The number of nitrogens with zero attached hydrogens (tertiary/aromatic N) is 2. The topological polar surface area (TPSA) is 53.9 Å². The summed E-state index contributed by atoms with van der Waals surface area (Å²) in [4.78, 5) is 16.6. The number of morpholine rings is 1. The van der Waals surface area contributed by atoms with Crippen LogP contribution in [-0.2, 0) is 17.6 Å². The van der Waals surface area contributed by atoms with E-state index in [1.165, 1.54) is 22.5 Å². The molecule has 0 atom stereocenters. The van der Waals surface area contributed by atoms with Gasteiger partial charge < -0.3 is 9.64 Å². The summed E-state index contributed by atoms with van der Waals surface area (Å²) in [6.07, 6.45) is 5.09. The Balaban J connectivity index is 1.34. The van der Waals surface area contributed by atoms with Crippen LogP contribution in [-0.4, -0.2) is 38.4 Å². The normalized spacial score (nSPS) is 17.0. The molecule has 25 heavy (non-hydrogen) atoms. The SMILES string of the molecule is O=C(N/N=C\c1ccc(N2CCOCC2)cc1)c1cc2c(s1)CCC2. The van der Waals surface area contributed by atoms with E-state index in [0.717, 1.165) is 49.6 Å². The minimum Gasteiger partial charge on any atom is -0.378 e. The Labute approximate surface area is 151 Å². The number of fused-ring (bicyclic) bond motifs is 1. The number of hydrogen-bond acceptors (Lipinski definition) is 5. The van der Waals surface area contributed by atoms with Crippen molar-refractivity contribution < 1.29 is 9.53 Å². The monoisotopic (exact) mass is 355 g/mol. The fourth-order valence-electron chi connectivity index (χ4n) is 3.25. The van der Waals surface area contributed by atoms with Gasteiger partial charge in [-0.2, -0.15) is 5.10 Å². The van der Waals surface area contributed by atoms with Crippen molar-refractivity contribution in [2.75, 3.05) is 31.2 Å². The molecule has 1 fully saturated rings. The number of aryl methyl sites for hydroxylation is 2. The summed E-state index contributed by atoms with van der Waals surface area (Å²) in [6.45, 7) is 3.41. The molecule has 1 aliphatic carbocycles. The number of carbonyl (C=O) groups excluding carboxylic acids is 1. The van der Waals surface area contributed by atoms with Crippen molar-refractivity contribution in [2.45, 2.75) is 19.3 Å². The standard InChI is InChI=1S/C19H21N3O2S/c23-19(18-12-15-2-1-3-17(15)25-18)21-20-13-14-4-6-16(7-5-14)22-8-10-24-11-9-22/h4-7,12-13H,1-3,8-11H2,(H,21,23)/b20-13-. The van der Waals surface area contributed by atoms with Crippen LogP contribution in [0.15, 0.2) is 35.4 Å². The number of ether oxygens (including phenoxy) is 1. The zero-order valence-electron chi connectivity index (χ0n) is 14.0. The molecule has 0 saturated carbocycles. The molecule has 0 spiro atoms. The van der Waals surface area contributed by atoms with E-state index in [9.17, 15) is 4.79 Å². The first kappa shape index (κ1) is 16.3. The third-order valence-electron chi connectivity index (χ3n) is 4.62. The molecular formula is C19H21N3O2S. The molecule has 1 aromatic heterocycles. The number of nitrogens with one attached hydrogen (secondary N) is 1. The Morgan fingerprint density at radius 3 is 2.76 bits per heavy atom. The van der Waals surface area contributed by atoms with E-state index in [4.69, 9.17) is 4.74 Å². The molecule has 1 N–H and O–H groups in total. The average molecular weight is 355 g/mol. The molecular weight excluding hydrogens is 334 g/mol. The predicted octanol–water partition coefficient (Wildman–Crippen LogP) is 2.84. The van der Waals surface area contributed by atoms with Crippen LogP contribution < -0.4 is 10.3 Å². The van der Waals surface area contributed by atoms with E-state index in [0.29, 0.717) is 0 Å². The number of hydrogen-bond donors (Lipinski definition) is 1. The highest BCUT2D eigenvalue weighted by molar-refractivity contribution is 7.14. The zero-order chi connectivity index (χ0) is 17.1. The smallest absolute Gasteiger partial charge is 0.281 e. The van der Waals surface area contributed by atoms with Crippen LogP contribution in [0.1, 0.15) is 32.1 Å². The van der Waals surface area contributed by atoms with Crippen LogP contribution in [0.5, 0.6) is 0 Å². The lowest BCUT2D eigenvalue weighted by molar-refractivity contribution is 0.0959. The van der Waals surface area contributed by atoms with Gasteiger partial charge in [0.15, 0.2) is 0 Å². The van der Waals surface area contributed by atoms with Crippen LogP contribution in [0, 0.1) is 0 Å². The number of thiophene rings is 1. The maximum atomic E-state index is 12.2. The van der Waals surface area contributed by atoms with Gasteiger partial charge in [0.1, 0.15) is 0 Å². The van der Waals surface area contributed by atoms with E-state index >= 15 is 0 Å². The molecule has 1 amide bonds. The average Bonchev–Trinajstić information content (AvgIpc) is 3.25. The zero-order valence-corrected chi connectivity index (χ0v) is 14.8. The summed E-state index contributed by atoms with van der Waals surface area (Å²) in [5.41, 5.74) is 6.12. The van der Waals surface area contributed by atoms with E-state index < -0.39 is 0 Å². The van der Waals surface area contributed by atoms with E-state index in [1.807, 2.05) is 18.2 Å². The second kappa shape index (κ2) is 7.37. The maximum Gasteiger partial charge on any atom is 0.281 e. The van der Waals surface area contributed by atoms with Crippen LogP contribution in [0.25, 0.3) is 0 Å². The van der Waals surface area contributed by atoms with Crippen LogP contribution >= 0.6 is 11.3 Å². The molecule has 1 saturated heterocycles. The number of rotatable bonds is 4. The lowest BCUT2D eigenvalue weighted by Crippen LogP contribution is -2.36. The first-order valence-corrected chi connectivity index (χ1v) is 9.49. The minimum atomic E-state index is -0.124. The second-order valence-corrected chi connectivity index (χ2v) is 7.44. The van der Waals surface area contributed by atoms with Crippen molar-refractivity contribution in [3.8, 4) is 0 Å². The first-order chi connectivity index (χ1) is 12.3. The van der Waals surface area contributed by atoms with Crippen molar-refractivity contribution in [3.05, 3.63) is 51.2 Å². The molecule has 0 unspecified atom stereocenters. The fourth-order valence-corrected chi connectivity index (χ4v) is 4.40. The summed E-state index contributed by atoms with van der Waals surface area (Å²) in [5, 5.41) is 4.09. The van der Waals surface area contributed by atoms with Gasteiger partial charge in [-0.1, -0.05) is 12.1 Å². The predicted molar refractivity (Wildman–Crippen MR) is 101 cm³/mol. The lowest BCUT2D eigenvalue weighted by Gasteiger charge is -2.28. The molecule has 6 heteroatoms. The van der Waals surface area contributed by atoms with Gasteiger partial charge in [-0.05, 0) is 48.6 Å². The highest BCUT2D eigenvalue weighted by Gasteiger charge is 2.18. The second-order valence-electron chi connectivity index (χ2n) is 6.30. The summed E-state index contributed by atoms with van der Waals surface area (Å²) < 4.78 is 5.37. The molecule has 130 valence electrons. The van der Waals surface area contributed by atoms with E-state index in [2.05, 4.69) is 27.6 Å². The van der Waals surface area contributed by atoms with Crippen molar-refractivity contribution in [2.24, 2.45) is 5.10 Å².